The molecule has 2 heterocycles. The van der Waals surface area contributed by atoms with Crippen LogP contribution in [0.3, 0.4) is 0 Å². The zero-order valence-electron chi connectivity index (χ0n) is 25.7. The molecule has 238 valence electrons. The number of aliphatic hydroxyl groups is 1. The molecule has 0 aliphatic carbocycles. The van der Waals surface area contributed by atoms with Gasteiger partial charge in [0.2, 0.25) is 16.8 Å². The Kier molecular flexibility index (Phi) is 11.2. The normalized spacial score (nSPS) is 22.4. The van der Waals surface area contributed by atoms with Crippen molar-refractivity contribution in [3.8, 4) is 17.2 Å². The molecular weight excluding hydrogens is 574 g/mol. The first kappa shape index (κ1) is 32.8. The lowest BCUT2D eigenvalue weighted by molar-refractivity contribution is -0.0177. The second-order valence-corrected chi connectivity index (χ2v) is 13.5. The summed E-state index contributed by atoms with van der Waals surface area (Å²) in [5.41, 5.74) is 1.60. The van der Waals surface area contributed by atoms with Crippen LogP contribution in [0.15, 0.2) is 36.4 Å². The maximum atomic E-state index is 14.1. The Morgan fingerprint density at radius 1 is 1.09 bits per heavy atom. The molecule has 0 unspecified atom stereocenters. The van der Waals surface area contributed by atoms with Crippen LogP contribution in [-0.4, -0.2) is 93.9 Å². The molecule has 0 fully saturated rings. The van der Waals surface area contributed by atoms with Gasteiger partial charge in [-0.05, 0) is 76.1 Å². The Hall–Kier alpha value is -3.06. The molecule has 2 aromatic carbocycles. The molecule has 4 rings (SSSR count). The summed E-state index contributed by atoms with van der Waals surface area (Å²) >= 11 is 0. The molecule has 4 atom stereocenters. The summed E-state index contributed by atoms with van der Waals surface area (Å²) in [7, 11) is -1.52. The van der Waals surface area contributed by atoms with Gasteiger partial charge in [0.1, 0.15) is 5.75 Å². The van der Waals surface area contributed by atoms with Crippen LogP contribution in [0.5, 0.6) is 17.2 Å². The van der Waals surface area contributed by atoms with Gasteiger partial charge in [0, 0.05) is 37.8 Å². The number of carbonyl (C=O) groups excluding carboxylic acids is 1. The number of amides is 1. The van der Waals surface area contributed by atoms with Crippen molar-refractivity contribution in [3.05, 3.63) is 47.5 Å². The summed E-state index contributed by atoms with van der Waals surface area (Å²) in [5, 5.41) is 10.1. The Morgan fingerprint density at radius 3 is 2.58 bits per heavy atom. The van der Waals surface area contributed by atoms with Crippen LogP contribution in [0.4, 0.5) is 5.69 Å². The van der Waals surface area contributed by atoms with Gasteiger partial charge in [0.25, 0.3) is 5.91 Å². The number of nitrogens with zero attached hydrogens (tertiary/aromatic N) is 2. The van der Waals surface area contributed by atoms with E-state index in [0.29, 0.717) is 32.0 Å². The van der Waals surface area contributed by atoms with E-state index in [1.165, 1.54) is 6.07 Å². The van der Waals surface area contributed by atoms with Crippen molar-refractivity contribution in [1.29, 1.82) is 0 Å². The highest BCUT2D eigenvalue weighted by molar-refractivity contribution is 7.92. The highest BCUT2D eigenvalue weighted by atomic mass is 32.2. The minimum absolute atomic E-state index is 0.0827. The molecule has 0 saturated heterocycles. The van der Waals surface area contributed by atoms with Gasteiger partial charge in [-0.25, -0.2) is 8.42 Å². The van der Waals surface area contributed by atoms with Gasteiger partial charge in [-0.2, -0.15) is 0 Å². The number of hydrogen-bond donors (Lipinski definition) is 2. The average molecular weight is 620 g/mol. The van der Waals surface area contributed by atoms with E-state index in [4.69, 9.17) is 18.9 Å². The number of sulfonamides is 1. The number of fused-ring (bicyclic) bond motifs is 2. The zero-order chi connectivity index (χ0) is 31.1. The van der Waals surface area contributed by atoms with Gasteiger partial charge >= 0.3 is 0 Å². The van der Waals surface area contributed by atoms with Crippen LogP contribution >= 0.6 is 0 Å². The molecule has 12 heteroatoms. The zero-order valence-corrected chi connectivity index (χ0v) is 26.6. The minimum atomic E-state index is -3.56. The molecule has 2 aromatic rings. The fraction of sp³-hybridized carbons (Fsp3) is 0.581. The molecule has 2 aliphatic rings. The average Bonchev–Trinajstić information content (AvgIpc) is 3.41. The molecule has 2 N–H and O–H groups in total. The highest BCUT2D eigenvalue weighted by Gasteiger charge is 2.30. The van der Waals surface area contributed by atoms with E-state index in [1.54, 1.807) is 24.0 Å². The maximum Gasteiger partial charge on any atom is 0.258 e. The molecule has 0 saturated carbocycles. The van der Waals surface area contributed by atoms with Gasteiger partial charge in [-0.3, -0.25) is 14.4 Å². The number of nitrogens with one attached hydrogen (secondary N) is 1. The van der Waals surface area contributed by atoms with E-state index in [2.05, 4.69) is 16.5 Å². The van der Waals surface area contributed by atoms with E-state index in [9.17, 15) is 18.3 Å². The van der Waals surface area contributed by atoms with Gasteiger partial charge in [0.05, 0.1) is 36.7 Å². The number of anilines is 1. The fourth-order valence-corrected chi connectivity index (χ4v) is 5.94. The second kappa shape index (κ2) is 14.6. The van der Waals surface area contributed by atoms with Crippen molar-refractivity contribution in [2.24, 2.45) is 5.92 Å². The number of carbonyl (C=O) groups is 1. The molecule has 1 amide bonds. The number of ether oxygens (including phenoxy) is 4. The van der Waals surface area contributed by atoms with Crippen molar-refractivity contribution in [2.75, 3.05) is 51.1 Å². The molecule has 0 spiro atoms. The van der Waals surface area contributed by atoms with Crippen molar-refractivity contribution in [2.45, 2.75) is 64.8 Å². The lowest BCUT2D eigenvalue weighted by Gasteiger charge is -2.36. The summed E-state index contributed by atoms with van der Waals surface area (Å²) in [6.45, 7) is 8.00. The Labute approximate surface area is 255 Å². The van der Waals surface area contributed by atoms with Crippen LogP contribution < -0.4 is 18.9 Å². The first-order valence-corrected chi connectivity index (χ1v) is 16.7. The Bertz CT molecular complexity index is 1350. The van der Waals surface area contributed by atoms with Crippen LogP contribution in [0.1, 0.15) is 56.0 Å². The van der Waals surface area contributed by atoms with E-state index in [1.807, 2.05) is 32.2 Å². The third-order valence-corrected chi connectivity index (χ3v) is 8.34. The van der Waals surface area contributed by atoms with E-state index in [0.717, 1.165) is 42.6 Å². The van der Waals surface area contributed by atoms with Crippen molar-refractivity contribution < 1.29 is 37.3 Å². The van der Waals surface area contributed by atoms with Crippen LogP contribution in [0.25, 0.3) is 0 Å². The number of hydrogen-bond acceptors (Lipinski definition) is 9. The predicted octanol–water partition coefficient (Wildman–Crippen LogP) is 3.71. The summed E-state index contributed by atoms with van der Waals surface area (Å²) in [6.07, 6.45) is 3.22. The number of likely N-dealkylation sites (N-methyl/N-ethyl adjacent to an activating group) is 1. The Morgan fingerprint density at radius 2 is 1.84 bits per heavy atom. The van der Waals surface area contributed by atoms with Crippen LogP contribution in [-0.2, 0) is 21.3 Å². The lowest BCUT2D eigenvalue weighted by atomic mass is 10.0. The van der Waals surface area contributed by atoms with Crippen molar-refractivity contribution in [1.82, 2.24) is 9.80 Å². The predicted molar refractivity (Wildman–Crippen MR) is 164 cm³/mol. The van der Waals surface area contributed by atoms with E-state index < -0.39 is 16.1 Å². The third kappa shape index (κ3) is 9.21. The topological polar surface area (TPSA) is 127 Å². The molecule has 43 heavy (non-hydrogen) atoms. The highest BCUT2D eigenvalue weighted by Crippen LogP contribution is 2.33. The number of aliphatic hydroxyl groups excluding tert-OH is 1. The van der Waals surface area contributed by atoms with Gasteiger partial charge in [0.15, 0.2) is 11.5 Å². The molecule has 0 radical (unpaired) electrons. The molecule has 11 nitrogen and oxygen atoms in total. The molecule has 0 aromatic heterocycles. The van der Waals surface area contributed by atoms with Crippen molar-refractivity contribution in [3.63, 3.8) is 0 Å². The fourth-order valence-electron chi connectivity index (χ4n) is 5.39. The van der Waals surface area contributed by atoms with Crippen molar-refractivity contribution >= 4 is 21.6 Å². The SMILES string of the molecule is C[C@@H]1CCCCO[C@H](CN(C)Cc2ccc3c(c2)OCO3)[C@@H](C)CN([C@@H](C)CO)C(=O)c2cc(NS(C)(=O)=O)ccc2O1. The van der Waals surface area contributed by atoms with Crippen LogP contribution in [0, 0.1) is 5.92 Å². The van der Waals surface area contributed by atoms with E-state index in [-0.39, 0.29) is 48.7 Å². The lowest BCUT2D eigenvalue weighted by Crippen LogP contribution is -2.47. The largest absolute Gasteiger partial charge is 0.490 e. The van der Waals surface area contributed by atoms with Crippen LogP contribution in [0.2, 0.25) is 0 Å². The number of benzene rings is 2. The number of rotatable bonds is 8. The minimum Gasteiger partial charge on any atom is -0.490 e. The molecule has 0 bridgehead atoms. The summed E-state index contributed by atoms with van der Waals surface area (Å²) in [4.78, 5) is 17.9. The third-order valence-electron chi connectivity index (χ3n) is 7.74. The van der Waals surface area contributed by atoms with Gasteiger partial charge in [-0.1, -0.05) is 13.0 Å². The maximum absolute atomic E-state index is 14.1. The summed E-state index contributed by atoms with van der Waals surface area (Å²) in [6, 6.07) is 10.2. The smallest absolute Gasteiger partial charge is 0.258 e. The summed E-state index contributed by atoms with van der Waals surface area (Å²) in [5.74, 6) is 1.44. The standard InChI is InChI=1S/C31H45N3O8S/c1-21-16-34(22(2)19-35)31(36)26-15-25(32-43(5,37)38)10-12-27(26)42-23(3)8-6-7-13-39-30(21)18-33(4)17-24-9-11-28-29(14-24)41-20-40-28/h9-12,14-15,21-23,30,32,35H,6-8,13,16-20H2,1-5H3/t21-,22-,23+,30+/m0/s1. The first-order valence-electron chi connectivity index (χ1n) is 14.8. The molecule has 2 aliphatic heterocycles. The van der Waals surface area contributed by atoms with Gasteiger partial charge in [-0.15, -0.1) is 0 Å². The van der Waals surface area contributed by atoms with E-state index >= 15 is 0 Å². The molecular formula is C31H45N3O8S. The quantitative estimate of drug-likeness (QED) is 0.455. The second-order valence-electron chi connectivity index (χ2n) is 11.8. The summed E-state index contributed by atoms with van der Waals surface area (Å²) < 4.78 is 49.9. The monoisotopic (exact) mass is 619 g/mol. The first-order chi connectivity index (χ1) is 20.4. The van der Waals surface area contributed by atoms with Gasteiger partial charge < -0.3 is 29.0 Å². The Balaban J connectivity index is 1.59.